The highest BCUT2D eigenvalue weighted by Crippen LogP contribution is 2.54. The maximum atomic E-state index is 14.5. The molecule has 2 aliphatic heterocycles. The topological polar surface area (TPSA) is 90.7 Å². The van der Waals surface area contributed by atoms with Crippen LogP contribution in [0.1, 0.15) is 65.0 Å². The minimum atomic E-state index is -0.484. The zero-order valence-electron chi connectivity index (χ0n) is 27.1. The van der Waals surface area contributed by atoms with Crippen LogP contribution < -0.4 is 9.80 Å². The molecule has 2 aromatic rings. The van der Waals surface area contributed by atoms with Crippen LogP contribution in [-0.4, -0.2) is 73.0 Å². The number of aryl methyl sites for hydroxylation is 1. The second-order valence-corrected chi connectivity index (χ2v) is 12.1. The molecule has 9 nitrogen and oxygen atoms in total. The average Bonchev–Trinajstić information content (AvgIpc) is 3.33. The average molecular weight is 605 g/mol. The highest BCUT2D eigenvalue weighted by atomic mass is 19.1. The fourth-order valence-electron chi connectivity index (χ4n) is 6.19. The number of hydrogen-bond acceptors (Lipinski definition) is 8. The molecule has 1 saturated carbocycles. The van der Waals surface area contributed by atoms with Gasteiger partial charge in [0.1, 0.15) is 17.3 Å². The first-order valence-electron chi connectivity index (χ1n) is 15.4. The van der Waals surface area contributed by atoms with Gasteiger partial charge in [0.05, 0.1) is 24.8 Å². The summed E-state index contributed by atoms with van der Waals surface area (Å²) < 4.78 is 19.2. The number of piperazine rings is 1. The molecule has 2 fully saturated rings. The number of halogens is 1. The quantitative estimate of drug-likeness (QED) is 0.297. The van der Waals surface area contributed by atoms with Crippen LogP contribution in [0, 0.1) is 18.2 Å². The van der Waals surface area contributed by atoms with Gasteiger partial charge in [-0.1, -0.05) is 32.4 Å². The fourth-order valence-corrected chi connectivity index (χ4v) is 6.19. The predicted octanol–water partition coefficient (Wildman–Crippen LogP) is 5.72. The summed E-state index contributed by atoms with van der Waals surface area (Å²) in [4.78, 5) is 45.3. The van der Waals surface area contributed by atoms with Crippen molar-refractivity contribution in [2.75, 3.05) is 43.1 Å². The van der Waals surface area contributed by atoms with Crippen LogP contribution in [0.5, 0.6) is 0 Å². The van der Waals surface area contributed by atoms with Gasteiger partial charge in [0.25, 0.3) is 5.91 Å². The smallest absolute Gasteiger partial charge is 0.310 e. The van der Waals surface area contributed by atoms with Crippen molar-refractivity contribution in [3.8, 4) is 0 Å². The lowest BCUT2D eigenvalue weighted by Gasteiger charge is -2.47. The van der Waals surface area contributed by atoms with Gasteiger partial charge in [-0.25, -0.2) is 19.4 Å². The van der Waals surface area contributed by atoms with Crippen LogP contribution in [0.3, 0.4) is 0 Å². The second kappa shape index (κ2) is 13.3. The summed E-state index contributed by atoms with van der Waals surface area (Å²) in [6.07, 6.45) is 4.81. The van der Waals surface area contributed by atoms with Crippen molar-refractivity contribution in [2.24, 2.45) is 15.4 Å². The van der Waals surface area contributed by atoms with E-state index in [1.165, 1.54) is 13.2 Å². The second-order valence-electron chi connectivity index (χ2n) is 12.1. The van der Waals surface area contributed by atoms with Crippen molar-refractivity contribution >= 4 is 35.8 Å². The molecular formula is C34H45FN6O3. The number of rotatable bonds is 7. The van der Waals surface area contributed by atoms with E-state index in [0.29, 0.717) is 49.0 Å². The van der Waals surface area contributed by atoms with Crippen molar-refractivity contribution in [1.82, 2.24) is 9.88 Å². The molecule has 1 aromatic heterocycles. The number of nitrogens with zero attached hydrogens (tertiary/aromatic N) is 6. The number of pyridine rings is 1. The molecule has 1 aromatic carbocycles. The number of hydrogen-bond donors (Lipinski definition) is 0. The lowest BCUT2D eigenvalue weighted by Crippen LogP contribution is -2.62. The summed E-state index contributed by atoms with van der Waals surface area (Å²) in [6.45, 7) is 17.8. The van der Waals surface area contributed by atoms with E-state index in [9.17, 15) is 14.0 Å². The molecular weight excluding hydrogens is 559 g/mol. The summed E-state index contributed by atoms with van der Waals surface area (Å²) in [5, 5.41) is 0. The third kappa shape index (κ3) is 6.39. The van der Waals surface area contributed by atoms with Crippen LogP contribution in [-0.2, 0) is 20.7 Å². The number of ether oxygens (including phenoxy) is 1. The van der Waals surface area contributed by atoms with E-state index < -0.39 is 5.54 Å². The van der Waals surface area contributed by atoms with Crippen LogP contribution in [0.25, 0.3) is 0 Å². The summed E-state index contributed by atoms with van der Waals surface area (Å²) in [7, 11) is 1.37. The van der Waals surface area contributed by atoms with E-state index in [1.54, 1.807) is 26.1 Å². The Hall–Kier alpha value is -4.08. The molecule has 236 valence electrons. The molecule has 3 heterocycles. The molecule has 1 aliphatic carbocycles. The summed E-state index contributed by atoms with van der Waals surface area (Å²) in [5.41, 5.74) is 2.55. The predicted molar refractivity (Wildman–Crippen MR) is 174 cm³/mol. The molecule has 1 spiro atoms. The van der Waals surface area contributed by atoms with Gasteiger partial charge in [0, 0.05) is 43.5 Å². The van der Waals surface area contributed by atoms with E-state index in [-0.39, 0.29) is 29.5 Å². The SMILES string of the molecule is C=NC1=C(N=C(C)C(=O)N2CCN(c3ccc(CC(=O)OC)cn3)CC2(C)C)C2(CCC2)CN1c1ccc(C)c(F)c1.CC. The zero-order valence-corrected chi connectivity index (χ0v) is 27.1. The fraction of sp³-hybridized carbons (Fsp3) is 0.500. The molecule has 0 N–H and O–H groups in total. The zero-order chi connectivity index (χ0) is 32.2. The Kier molecular flexibility index (Phi) is 9.91. The highest BCUT2D eigenvalue weighted by molar-refractivity contribution is 6.38. The van der Waals surface area contributed by atoms with Crippen LogP contribution >= 0.6 is 0 Å². The van der Waals surface area contributed by atoms with Gasteiger partial charge in [-0.3, -0.25) is 9.59 Å². The van der Waals surface area contributed by atoms with Crippen LogP contribution in [0.4, 0.5) is 15.9 Å². The van der Waals surface area contributed by atoms with Gasteiger partial charge in [0.15, 0.2) is 5.82 Å². The van der Waals surface area contributed by atoms with Gasteiger partial charge < -0.3 is 19.4 Å². The Morgan fingerprint density at radius 1 is 1.11 bits per heavy atom. The van der Waals surface area contributed by atoms with E-state index in [0.717, 1.165) is 36.3 Å². The molecule has 3 aliphatic rings. The molecule has 1 saturated heterocycles. The minimum absolute atomic E-state index is 0.119. The molecule has 0 atom stereocenters. The first kappa shape index (κ1) is 32.8. The van der Waals surface area contributed by atoms with Crippen LogP contribution in [0.15, 0.2) is 58.0 Å². The number of anilines is 2. The van der Waals surface area contributed by atoms with Gasteiger partial charge in [-0.15, -0.1) is 0 Å². The number of aliphatic imine (C=N–C) groups is 2. The molecule has 0 unspecified atom stereocenters. The van der Waals surface area contributed by atoms with Crippen molar-refractivity contribution in [2.45, 2.75) is 72.8 Å². The summed E-state index contributed by atoms with van der Waals surface area (Å²) in [6, 6.07) is 8.97. The van der Waals surface area contributed by atoms with Crippen molar-refractivity contribution in [1.29, 1.82) is 0 Å². The molecule has 0 radical (unpaired) electrons. The van der Waals surface area contributed by atoms with E-state index >= 15 is 0 Å². The number of methoxy groups -OCH3 is 1. The largest absolute Gasteiger partial charge is 0.469 e. The maximum Gasteiger partial charge on any atom is 0.310 e. The van der Waals surface area contributed by atoms with Crippen molar-refractivity contribution in [3.05, 3.63) is 65.0 Å². The van der Waals surface area contributed by atoms with Crippen LogP contribution in [0.2, 0.25) is 0 Å². The Bertz CT molecular complexity index is 1460. The third-order valence-electron chi connectivity index (χ3n) is 8.80. The molecule has 10 heteroatoms. The van der Waals surface area contributed by atoms with Gasteiger partial charge in [-0.2, -0.15) is 0 Å². The normalized spacial score (nSPS) is 18.9. The molecule has 44 heavy (non-hydrogen) atoms. The Labute approximate surface area is 260 Å². The van der Waals surface area contributed by atoms with Gasteiger partial charge >= 0.3 is 5.97 Å². The first-order valence-corrected chi connectivity index (χ1v) is 15.4. The van der Waals surface area contributed by atoms with Crippen molar-refractivity contribution in [3.63, 3.8) is 0 Å². The monoisotopic (exact) mass is 604 g/mol. The van der Waals surface area contributed by atoms with Crippen molar-refractivity contribution < 1.29 is 18.7 Å². The van der Waals surface area contributed by atoms with Gasteiger partial charge in [-0.05, 0) is 76.6 Å². The number of carbonyl (C=O) groups excluding carboxylic acids is 2. The Morgan fingerprint density at radius 2 is 1.84 bits per heavy atom. The standard InChI is InChI=1S/C32H39FN6O3.C2H6/c1-21-8-10-24(17-25(21)33)38-20-32(12-7-13-32)28(29(38)34-5)36-22(2)30(41)39-15-14-37(19-31(39,3)4)26-11-9-23(18-35-26)16-27(40)42-6;1-2/h8-11,17-18H,5,7,12-16,19-20H2,1-4,6H3;1-2H3. The number of esters is 1. The van der Waals surface area contributed by atoms with E-state index in [1.807, 2.05) is 55.7 Å². The number of benzene rings is 1. The lowest BCUT2D eigenvalue weighted by atomic mass is 9.67. The van der Waals surface area contributed by atoms with E-state index in [2.05, 4.69) is 21.6 Å². The van der Waals surface area contributed by atoms with E-state index in [4.69, 9.17) is 9.73 Å². The first-order chi connectivity index (χ1) is 21.0. The summed E-state index contributed by atoms with van der Waals surface area (Å²) >= 11 is 0. The third-order valence-corrected chi connectivity index (χ3v) is 8.80. The maximum absolute atomic E-state index is 14.5. The summed E-state index contributed by atoms with van der Waals surface area (Å²) in [5.74, 6) is 0.698. The molecule has 5 rings (SSSR count). The Morgan fingerprint density at radius 3 is 2.39 bits per heavy atom. The number of carbonyl (C=O) groups is 2. The highest BCUT2D eigenvalue weighted by Gasteiger charge is 2.50. The Balaban J connectivity index is 0.00000216. The number of amides is 1. The lowest BCUT2D eigenvalue weighted by molar-refractivity contribution is -0.139. The molecule has 0 bridgehead atoms. The minimum Gasteiger partial charge on any atom is -0.469 e. The molecule has 1 amide bonds. The number of aromatic nitrogens is 1. The van der Waals surface area contributed by atoms with Gasteiger partial charge in [0.2, 0.25) is 0 Å².